The average Bonchev–Trinajstić information content (AvgIpc) is 2.50. The predicted octanol–water partition coefficient (Wildman–Crippen LogP) is 4.67. The summed E-state index contributed by atoms with van der Waals surface area (Å²) in [6.45, 7) is 1.88. The van der Waals surface area contributed by atoms with Gasteiger partial charge in [0.25, 0.3) is 0 Å². The lowest BCUT2D eigenvalue weighted by atomic mass is 9.88. The van der Waals surface area contributed by atoms with Crippen LogP contribution in [-0.4, -0.2) is 12.1 Å². The molecule has 2 rings (SSSR count). The van der Waals surface area contributed by atoms with Crippen LogP contribution in [-0.2, 0) is 0 Å². The molecule has 2 nitrogen and oxygen atoms in total. The van der Waals surface area contributed by atoms with Crippen molar-refractivity contribution >= 4 is 23.7 Å². The standard InChI is InChI=1S/C17H14ClFO2/c1-2-14(15-8-7-13(19)9-16(15)18)17(21)12-5-3-11(10-20)4-6-12/h3-10,14H,2H2,1H3/t14-/m0/s1. The number of ketones is 1. The molecular weight excluding hydrogens is 291 g/mol. The third-order valence-corrected chi connectivity index (χ3v) is 3.72. The molecule has 4 heteroatoms. The fourth-order valence-electron chi connectivity index (χ4n) is 2.26. The first-order chi connectivity index (χ1) is 10.1. The van der Waals surface area contributed by atoms with Crippen LogP contribution in [0.2, 0.25) is 5.02 Å². The van der Waals surface area contributed by atoms with E-state index >= 15 is 0 Å². The van der Waals surface area contributed by atoms with Crippen LogP contribution >= 0.6 is 11.6 Å². The Bertz CT molecular complexity index is 665. The van der Waals surface area contributed by atoms with Crippen LogP contribution < -0.4 is 0 Å². The zero-order valence-corrected chi connectivity index (χ0v) is 12.2. The van der Waals surface area contributed by atoms with Crippen molar-refractivity contribution in [1.29, 1.82) is 0 Å². The van der Waals surface area contributed by atoms with Gasteiger partial charge in [-0.15, -0.1) is 0 Å². The van der Waals surface area contributed by atoms with Gasteiger partial charge in [-0.05, 0) is 24.1 Å². The smallest absolute Gasteiger partial charge is 0.170 e. The minimum absolute atomic E-state index is 0.0940. The monoisotopic (exact) mass is 304 g/mol. The fraction of sp³-hybridized carbons (Fsp3) is 0.176. The average molecular weight is 305 g/mol. The number of carbonyl (C=O) groups is 2. The Morgan fingerprint density at radius 1 is 1.24 bits per heavy atom. The van der Waals surface area contributed by atoms with Gasteiger partial charge in [-0.3, -0.25) is 9.59 Å². The van der Waals surface area contributed by atoms with Crippen LogP contribution in [0.1, 0.15) is 45.5 Å². The number of aldehydes is 1. The Labute approximate surface area is 127 Å². The van der Waals surface area contributed by atoms with E-state index in [9.17, 15) is 14.0 Å². The van der Waals surface area contributed by atoms with E-state index in [-0.39, 0.29) is 10.8 Å². The molecule has 2 aromatic rings. The van der Waals surface area contributed by atoms with Crippen molar-refractivity contribution in [3.8, 4) is 0 Å². The van der Waals surface area contributed by atoms with Crippen LogP contribution in [0.3, 0.4) is 0 Å². The van der Waals surface area contributed by atoms with E-state index in [0.29, 0.717) is 23.1 Å². The summed E-state index contributed by atoms with van der Waals surface area (Å²) in [5.41, 5.74) is 1.64. The van der Waals surface area contributed by atoms with Gasteiger partial charge in [0.05, 0.1) is 0 Å². The first kappa shape index (κ1) is 15.4. The van der Waals surface area contributed by atoms with Crippen molar-refractivity contribution in [2.24, 2.45) is 0 Å². The highest BCUT2D eigenvalue weighted by atomic mass is 35.5. The van der Waals surface area contributed by atoms with Crippen LogP contribution in [0.5, 0.6) is 0 Å². The summed E-state index contributed by atoms with van der Waals surface area (Å²) in [6.07, 6.45) is 1.28. The number of carbonyl (C=O) groups excluding carboxylic acids is 2. The van der Waals surface area contributed by atoms with Crippen molar-refractivity contribution in [2.45, 2.75) is 19.3 Å². The third kappa shape index (κ3) is 3.37. The summed E-state index contributed by atoms with van der Waals surface area (Å²) >= 11 is 6.04. The molecule has 0 aliphatic rings. The van der Waals surface area contributed by atoms with E-state index in [1.54, 1.807) is 30.3 Å². The second kappa shape index (κ2) is 6.64. The summed E-state index contributed by atoms with van der Waals surface area (Å²) in [6, 6.07) is 10.5. The molecule has 21 heavy (non-hydrogen) atoms. The van der Waals surface area contributed by atoms with Crippen LogP contribution in [0.15, 0.2) is 42.5 Å². The van der Waals surface area contributed by atoms with Gasteiger partial charge in [-0.25, -0.2) is 4.39 Å². The van der Waals surface area contributed by atoms with Gasteiger partial charge in [0.2, 0.25) is 0 Å². The number of hydrogen-bond acceptors (Lipinski definition) is 2. The van der Waals surface area contributed by atoms with Crippen LogP contribution in [0.4, 0.5) is 4.39 Å². The van der Waals surface area contributed by atoms with Gasteiger partial charge in [0.1, 0.15) is 12.1 Å². The van der Waals surface area contributed by atoms with Crippen molar-refractivity contribution in [3.05, 3.63) is 70.0 Å². The van der Waals surface area contributed by atoms with Gasteiger partial charge in [-0.1, -0.05) is 48.9 Å². The topological polar surface area (TPSA) is 34.1 Å². The summed E-state index contributed by atoms with van der Waals surface area (Å²) in [5, 5.41) is 0.250. The van der Waals surface area contributed by atoms with E-state index < -0.39 is 11.7 Å². The Hall–Kier alpha value is -2.00. The molecule has 0 aromatic heterocycles. The first-order valence-corrected chi connectivity index (χ1v) is 6.99. The van der Waals surface area contributed by atoms with Crippen LogP contribution in [0, 0.1) is 5.82 Å². The van der Waals surface area contributed by atoms with Crippen molar-refractivity contribution < 1.29 is 14.0 Å². The lowest BCUT2D eigenvalue weighted by Gasteiger charge is -2.16. The molecule has 1 atom stereocenters. The number of hydrogen-bond donors (Lipinski definition) is 0. The summed E-state index contributed by atoms with van der Waals surface area (Å²) in [4.78, 5) is 23.2. The van der Waals surface area contributed by atoms with E-state index in [0.717, 1.165) is 6.29 Å². The molecule has 0 bridgehead atoms. The maximum Gasteiger partial charge on any atom is 0.170 e. The largest absolute Gasteiger partial charge is 0.298 e. The molecule has 0 radical (unpaired) electrons. The molecule has 0 N–H and O–H groups in total. The molecule has 0 aliphatic heterocycles. The Morgan fingerprint density at radius 2 is 1.90 bits per heavy atom. The first-order valence-electron chi connectivity index (χ1n) is 6.61. The van der Waals surface area contributed by atoms with Gasteiger partial charge in [0, 0.05) is 22.1 Å². The second-order valence-corrected chi connectivity index (χ2v) is 5.14. The normalized spacial score (nSPS) is 12.0. The van der Waals surface area contributed by atoms with E-state index in [2.05, 4.69) is 0 Å². The molecule has 0 heterocycles. The van der Waals surface area contributed by atoms with Crippen LogP contribution in [0.25, 0.3) is 0 Å². The highest BCUT2D eigenvalue weighted by Gasteiger charge is 2.22. The van der Waals surface area contributed by atoms with Gasteiger partial charge in [-0.2, -0.15) is 0 Å². The molecule has 0 fully saturated rings. The van der Waals surface area contributed by atoms with Gasteiger partial charge >= 0.3 is 0 Å². The van der Waals surface area contributed by atoms with Crippen molar-refractivity contribution in [2.75, 3.05) is 0 Å². The number of halogens is 2. The molecule has 0 aliphatic carbocycles. The molecule has 0 saturated heterocycles. The molecule has 0 amide bonds. The van der Waals surface area contributed by atoms with Crippen molar-refractivity contribution in [3.63, 3.8) is 0 Å². The summed E-state index contributed by atoms with van der Waals surface area (Å²) in [7, 11) is 0. The number of Topliss-reactive ketones (excluding diaryl/α,β-unsaturated/α-hetero) is 1. The lowest BCUT2D eigenvalue weighted by molar-refractivity contribution is 0.0956. The quantitative estimate of drug-likeness (QED) is 0.594. The maximum absolute atomic E-state index is 13.1. The Balaban J connectivity index is 2.35. The molecule has 0 saturated carbocycles. The minimum Gasteiger partial charge on any atom is -0.298 e. The third-order valence-electron chi connectivity index (χ3n) is 3.39. The van der Waals surface area contributed by atoms with Crippen molar-refractivity contribution in [1.82, 2.24) is 0 Å². The minimum atomic E-state index is -0.430. The SMILES string of the molecule is CC[C@H](C(=O)c1ccc(C=O)cc1)c1ccc(F)cc1Cl. The molecule has 0 unspecified atom stereocenters. The molecule has 108 valence electrons. The van der Waals surface area contributed by atoms with Gasteiger partial charge in [0.15, 0.2) is 5.78 Å². The van der Waals surface area contributed by atoms with E-state index in [1.165, 1.54) is 12.1 Å². The summed E-state index contributed by atoms with van der Waals surface area (Å²) < 4.78 is 13.1. The van der Waals surface area contributed by atoms with E-state index in [4.69, 9.17) is 11.6 Å². The molecule has 2 aromatic carbocycles. The van der Waals surface area contributed by atoms with Gasteiger partial charge < -0.3 is 0 Å². The Kier molecular flexibility index (Phi) is 4.86. The summed E-state index contributed by atoms with van der Waals surface area (Å²) in [5.74, 6) is -0.954. The maximum atomic E-state index is 13.1. The number of benzene rings is 2. The number of rotatable bonds is 5. The zero-order valence-electron chi connectivity index (χ0n) is 11.5. The van der Waals surface area contributed by atoms with E-state index in [1.807, 2.05) is 6.92 Å². The Morgan fingerprint density at radius 3 is 2.43 bits per heavy atom. The highest BCUT2D eigenvalue weighted by molar-refractivity contribution is 6.31. The zero-order chi connectivity index (χ0) is 15.4. The predicted molar refractivity (Wildman–Crippen MR) is 80.6 cm³/mol. The molecular formula is C17H14ClFO2. The highest BCUT2D eigenvalue weighted by Crippen LogP contribution is 2.30. The fourth-order valence-corrected chi connectivity index (χ4v) is 2.56. The second-order valence-electron chi connectivity index (χ2n) is 4.73. The lowest BCUT2D eigenvalue weighted by Crippen LogP contribution is -2.13. The molecule has 0 spiro atoms.